The van der Waals surface area contributed by atoms with E-state index in [1.54, 1.807) is 11.8 Å². The molecule has 0 aliphatic heterocycles. The molecule has 105 heavy (non-hydrogen) atoms. The Morgan fingerprint density at radius 1 is 0.352 bits per heavy atom. The van der Waals surface area contributed by atoms with E-state index in [2.05, 4.69) is 407 Å². The molecule has 0 amide bonds. The van der Waals surface area contributed by atoms with Crippen LogP contribution in [0.1, 0.15) is 12.5 Å². The van der Waals surface area contributed by atoms with Crippen molar-refractivity contribution in [3.63, 3.8) is 0 Å². The number of aryl methyl sites for hydroxylation is 1. The number of nitrogens with zero attached hydrogens (tertiary/aromatic N) is 5. The number of aromatic nitrogens is 5. The molecule has 0 aliphatic rings. The van der Waals surface area contributed by atoms with Crippen LogP contribution in [0.5, 0.6) is 0 Å². The minimum absolute atomic E-state index is 0.166. The van der Waals surface area contributed by atoms with Crippen molar-refractivity contribution in [3.8, 4) is 22.8 Å². The molecule has 0 aliphatic carbocycles. The largest absolute Gasteiger partial charge is 0.371 e. The van der Waals surface area contributed by atoms with Crippen LogP contribution >= 0.6 is 40.8 Å². The molecule has 3 heterocycles. The van der Waals surface area contributed by atoms with Gasteiger partial charge in [0.15, 0.2) is 27.6 Å². The summed E-state index contributed by atoms with van der Waals surface area (Å²) in [5.74, 6) is 0.513. The fourth-order valence-corrected chi connectivity index (χ4v) is 47.8. The summed E-state index contributed by atoms with van der Waals surface area (Å²) in [6.45, 7) is 2.80. The molecule has 13 aromatic carbocycles. The lowest BCUT2D eigenvalue weighted by Crippen LogP contribution is -2.71. The molecule has 508 valence electrons. The Morgan fingerprint density at radius 3 is 0.933 bits per heavy atom. The lowest BCUT2D eigenvalue weighted by Gasteiger charge is -2.59. The standard InChI is InChI=1S/C94H79N5OP4S/c1-3-99-90-65-64-87(105-2)69-88(90)91(98-99)92-96-70-73(71-97-92)89-68-74(66-67-95-89)93(100,72-101(75-40-16-4-17-41-75,76-42-18-5-19-43-76)77-44-20-6-21-45-77)94(102(78-46-22-7-23-47-78,79-48-24-8-25-49-79)80-50-26-9-27-51-80,103(81-52-28-10-29-53-81,82-54-30-11-31-55-82)83-56-32-12-33-57-83)104(84-58-34-13-35-59-84,85-60-36-14-37-61-85)86-62-38-15-39-63-86/h4-71,100H,3,72H2,1-2H3/q+4. The van der Waals surface area contributed by atoms with Gasteiger partial charge in [-0.05, 0) is 189 Å². The number of pyridine rings is 1. The molecule has 1 atom stereocenters. The Bertz CT molecular complexity index is 4850. The molecule has 11 heteroatoms. The first-order valence-electron chi connectivity index (χ1n) is 35.7. The molecule has 1 unspecified atom stereocenters. The molecule has 0 spiro atoms. The average molecular weight is 1450 g/mol. The highest BCUT2D eigenvalue weighted by Gasteiger charge is 2.99. The summed E-state index contributed by atoms with van der Waals surface area (Å²) in [6.07, 6.45) is 8.04. The quantitative estimate of drug-likeness (QED) is 0.0508. The fraction of sp³-hybridized carbons (Fsp3) is 0.0638. The van der Waals surface area contributed by atoms with Crippen molar-refractivity contribution in [2.75, 3.05) is 12.4 Å². The second kappa shape index (κ2) is 30.0. The highest BCUT2D eigenvalue weighted by atomic mass is 32.2. The number of benzene rings is 13. The summed E-state index contributed by atoms with van der Waals surface area (Å²) in [4.78, 5) is 17.2. The van der Waals surface area contributed by atoms with E-state index in [1.165, 1.54) is 0 Å². The molecular weight excluding hydrogens is 1370 g/mol. The van der Waals surface area contributed by atoms with E-state index in [0.29, 0.717) is 34.9 Å². The van der Waals surface area contributed by atoms with Gasteiger partial charge in [0, 0.05) is 46.5 Å². The smallest absolute Gasteiger partial charge is 0.340 e. The number of hydrogen-bond donors (Lipinski definition) is 1. The van der Waals surface area contributed by atoms with Gasteiger partial charge < -0.3 is 5.11 Å². The zero-order valence-electron chi connectivity index (χ0n) is 58.6. The SMILES string of the molecule is CCn1nc(-c2ncc(-c3cc(C(O)(C[P+](c4ccccc4)(c4ccccc4)c4ccccc4)C([P+](c4ccccc4)(c4ccccc4)c4ccccc4)([P+](c4ccccc4)(c4ccccc4)c4ccccc4)[P+](c4ccccc4)(c4ccccc4)c4ccccc4)ccn3)cn2)c2cc(SC)ccc21. The number of fused-ring (bicyclic) bond motifs is 1. The summed E-state index contributed by atoms with van der Waals surface area (Å²) >= 11 is 1.70. The third kappa shape index (κ3) is 11.4. The van der Waals surface area contributed by atoms with Gasteiger partial charge in [-0.2, -0.15) is 5.10 Å². The van der Waals surface area contributed by atoms with Crippen molar-refractivity contribution in [3.05, 3.63) is 418 Å². The van der Waals surface area contributed by atoms with Crippen LogP contribution in [-0.2, 0) is 12.1 Å². The van der Waals surface area contributed by atoms with Crippen LogP contribution in [-0.4, -0.2) is 46.9 Å². The Morgan fingerprint density at radius 2 is 0.648 bits per heavy atom. The molecule has 16 rings (SSSR count). The van der Waals surface area contributed by atoms with Crippen LogP contribution in [0.15, 0.2) is 418 Å². The first-order valence-corrected chi connectivity index (χ1v) is 44.2. The molecule has 0 saturated carbocycles. The maximum Gasteiger partial charge on any atom is 0.340 e. The zero-order chi connectivity index (χ0) is 71.2. The van der Waals surface area contributed by atoms with E-state index in [-0.39, 0.29) is 6.16 Å². The maximum atomic E-state index is 19.1. The maximum absolute atomic E-state index is 19.1. The molecule has 0 fully saturated rings. The molecule has 0 radical (unpaired) electrons. The van der Waals surface area contributed by atoms with E-state index in [4.69, 9.17) is 20.1 Å². The predicted octanol–water partition coefficient (Wildman–Crippen LogP) is 17.1. The van der Waals surface area contributed by atoms with Crippen molar-refractivity contribution in [1.29, 1.82) is 0 Å². The van der Waals surface area contributed by atoms with Gasteiger partial charge in [-0.3, -0.25) is 9.67 Å². The molecule has 6 nitrogen and oxygen atoms in total. The monoisotopic (exact) mass is 1450 g/mol. The van der Waals surface area contributed by atoms with Crippen molar-refractivity contribution in [2.24, 2.45) is 0 Å². The van der Waals surface area contributed by atoms with Crippen LogP contribution in [0.4, 0.5) is 0 Å². The highest BCUT2D eigenvalue weighted by Crippen LogP contribution is 3.01. The van der Waals surface area contributed by atoms with Crippen LogP contribution in [0.3, 0.4) is 0 Å². The second-order valence-electron chi connectivity index (χ2n) is 26.3. The molecule has 0 bridgehead atoms. The summed E-state index contributed by atoms with van der Waals surface area (Å²) in [5.41, 5.74) is 1.60. The van der Waals surface area contributed by atoms with Gasteiger partial charge in [0.05, 0.1) is 11.2 Å². The van der Waals surface area contributed by atoms with Crippen molar-refractivity contribution < 1.29 is 5.11 Å². The molecule has 1 N–H and O–H groups in total. The van der Waals surface area contributed by atoms with Crippen molar-refractivity contribution >= 4 is 115 Å². The van der Waals surface area contributed by atoms with E-state index < -0.39 is 39.3 Å². The van der Waals surface area contributed by atoms with E-state index in [0.717, 1.165) is 79.5 Å². The fourth-order valence-electron chi connectivity index (χ4n) is 17.0. The average Bonchev–Trinajstić information content (AvgIpc) is 0.802. The van der Waals surface area contributed by atoms with Gasteiger partial charge in [-0.25, -0.2) is 9.97 Å². The van der Waals surface area contributed by atoms with Crippen LogP contribution in [0, 0.1) is 0 Å². The topological polar surface area (TPSA) is 76.7 Å². The van der Waals surface area contributed by atoms with Crippen LogP contribution in [0.25, 0.3) is 33.7 Å². The molecule has 3 aromatic heterocycles. The Labute approximate surface area is 623 Å². The summed E-state index contributed by atoms with van der Waals surface area (Å²) in [5, 5.41) is 38.7. The number of hydrogen-bond acceptors (Lipinski definition) is 6. The van der Waals surface area contributed by atoms with Gasteiger partial charge in [0.25, 0.3) is 0 Å². The number of rotatable bonds is 23. The predicted molar refractivity (Wildman–Crippen MR) is 454 cm³/mol. The highest BCUT2D eigenvalue weighted by molar-refractivity contribution is 8.26. The summed E-state index contributed by atoms with van der Waals surface area (Å²) in [7, 11) is -15.4. The van der Waals surface area contributed by atoms with Gasteiger partial charge in [-0.1, -0.05) is 218 Å². The minimum Gasteiger partial charge on any atom is -0.371 e. The molecule has 0 saturated heterocycles. The van der Waals surface area contributed by atoms with Gasteiger partial charge >= 0.3 is 4.64 Å². The van der Waals surface area contributed by atoms with Crippen molar-refractivity contribution in [2.45, 2.75) is 28.6 Å². The van der Waals surface area contributed by atoms with E-state index >= 15 is 5.11 Å². The summed E-state index contributed by atoms with van der Waals surface area (Å²) in [6, 6.07) is 148. The summed E-state index contributed by atoms with van der Waals surface area (Å²) < 4.78 is 0.401. The Kier molecular flexibility index (Phi) is 19.7. The van der Waals surface area contributed by atoms with Crippen molar-refractivity contribution in [1.82, 2.24) is 24.7 Å². The lowest BCUT2D eigenvalue weighted by atomic mass is 9.96. The third-order valence-electron chi connectivity index (χ3n) is 21.0. The normalized spacial score (nSPS) is 12.7. The molecule has 16 aromatic rings. The van der Waals surface area contributed by atoms with Gasteiger partial charge in [0.2, 0.25) is 5.60 Å². The zero-order valence-corrected chi connectivity index (χ0v) is 62.9. The van der Waals surface area contributed by atoms with Crippen LogP contribution < -0.4 is 63.7 Å². The van der Waals surface area contributed by atoms with Crippen LogP contribution in [0.2, 0.25) is 0 Å². The first kappa shape index (κ1) is 69.0. The lowest BCUT2D eigenvalue weighted by molar-refractivity contribution is 0.0668. The Hall–Kier alpha value is -10.4. The van der Waals surface area contributed by atoms with E-state index in [1.807, 2.05) is 23.3 Å². The number of thioether (sulfide) groups is 1. The van der Waals surface area contributed by atoms with E-state index in [9.17, 15) is 0 Å². The van der Waals surface area contributed by atoms with Gasteiger partial charge in [-0.15, -0.1) is 11.8 Å². The number of aliphatic hydroxyl groups is 1. The molecular formula is C94H79N5OP4S+4. The van der Waals surface area contributed by atoms with Gasteiger partial charge in [0.1, 0.15) is 82.8 Å². The second-order valence-corrected chi connectivity index (χ2v) is 42.4. The third-order valence-corrected chi connectivity index (χ3v) is 45.1. The Balaban J connectivity index is 1.24. The minimum atomic E-state index is -4.02. The first-order chi connectivity index (χ1) is 51.9.